The van der Waals surface area contributed by atoms with Crippen molar-refractivity contribution in [1.82, 2.24) is 14.3 Å². The first kappa shape index (κ1) is 21.6. The number of imidazole rings is 1. The van der Waals surface area contributed by atoms with Crippen molar-refractivity contribution in [3.63, 3.8) is 0 Å². The number of fused-ring (bicyclic) bond motifs is 1. The Morgan fingerprint density at radius 2 is 1.90 bits per heavy atom. The van der Waals surface area contributed by atoms with E-state index in [9.17, 15) is 22.0 Å². The molecule has 1 heterocycles. The number of nitrogens with zero attached hydrogens (tertiary/aromatic N) is 2. The number of rotatable bonds is 8. The minimum Gasteiger partial charge on any atom is -0.451 e. The molecule has 10 heteroatoms. The lowest BCUT2D eigenvalue weighted by atomic mass is 10.2. The van der Waals surface area contributed by atoms with Crippen molar-refractivity contribution in [3.05, 3.63) is 72.6 Å². The lowest BCUT2D eigenvalue weighted by Gasteiger charge is -2.15. The zero-order valence-corrected chi connectivity index (χ0v) is 16.8. The molecule has 0 aliphatic rings. The van der Waals surface area contributed by atoms with Gasteiger partial charge in [-0.2, -0.15) is 8.78 Å². The van der Waals surface area contributed by atoms with Crippen LogP contribution in [-0.4, -0.2) is 30.5 Å². The average Bonchev–Trinajstić information content (AvgIpc) is 3.12. The summed E-state index contributed by atoms with van der Waals surface area (Å²) < 4.78 is 59.6. The van der Waals surface area contributed by atoms with Crippen molar-refractivity contribution >= 4 is 27.0 Å². The third-order valence-corrected chi connectivity index (χ3v) is 5.72. The van der Waals surface area contributed by atoms with E-state index < -0.39 is 28.6 Å². The number of para-hydroxylation sites is 2. The molecule has 7 nitrogen and oxygen atoms in total. The van der Waals surface area contributed by atoms with E-state index in [-0.39, 0.29) is 28.3 Å². The number of carbonyl (C=O) groups excluding carboxylic acids is 1. The number of aromatic nitrogens is 2. The van der Waals surface area contributed by atoms with Gasteiger partial charge in [-0.15, -0.1) is 6.58 Å². The van der Waals surface area contributed by atoms with Crippen LogP contribution < -0.4 is 4.72 Å². The summed E-state index contributed by atoms with van der Waals surface area (Å²) in [5, 5.41) is 0. The molecule has 30 heavy (non-hydrogen) atoms. The van der Waals surface area contributed by atoms with Crippen LogP contribution in [0.5, 0.6) is 0 Å². The smallest absolute Gasteiger partial charge is 0.338 e. The Labute approximate surface area is 172 Å². The Balaban J connectivity index is 1.80. The number of nitrogens with one attached hydrogen (secondary N) is 1. The molecule has 1 N–H and O–H groups in total. The molecule has 0 fully saturated rings. The molecule has 3 rings (SSSR count). The number of carbonyl (C=O) groups is 1. The summed E-state index contributed by atoms with van der Waals surface area (Å²) in [6.07, 6.45) is 0.341. The van der Waals surface area contributed by atoms with Crippen molar-refractivity contribution in [2.45, 2.75) is 24.5 Å². The molecular formula is C20H19F2N3O4S. The molecule has 1 atom stereocenters. The SMILES string of the molecule is C=CCNS(=O)(=O)c1ccc(C(=O)OC(C)c2nc3ccccc3n2C(F)F)cc1. The summed E-state index contributed by atoms with van der Waals surface area (Å²) in [5.41, 5.74) is 0.661. The minimum atomic E-state index is -3.73. The summed E-state index contributed by atoms with van der Waals surface area (Å²) in [6.45, 7) is 2.08. The minimum absolute atomic E-state index is 0.0339. The molecule has 0 amide bonds. The quantitative estimate of drug-likeness (QED) is 0.429. The fraction of sp³-hybridized carbons (Fsp3) is 0.200. The Hall–Kier alpha value is -3.11. The normalized spacial score (nSPS) is 12.8. The van der Waals surface area contributed by atoms with Gasteiger partial charge in [0.2, 0.25) is 10.0 Å². The second-order valence-corrected chi connectivity index (χ2v) is 8.09. The van der Waals surface area contributed by atoms with Crippen molar-refractivity contribution in [2.75, 3.05) is 6.54 Å². The van der Waals surface area contributed by atoms with Gasteiger partial charge in [0, 0.05) is 6.54 Å². The first-order valence-electron chi connectivity index (χ1n) is 8.91. The van der Waals surface area contributed by atoms with Crippen LogP contribution in [0.15, 0.2) is 66.1 Å². The van der Waals surface area contributed by atoms with Crippen LogP contribution in [0.2, 0.25) is 0 Å². The summed E-state index contributed by atoms with van der Waals surface area (Å²) in [7, 11) is -3.73. The Bertz CT molecular complexity index is 1170. The molecule has 0 aliphatic carbocycles. The number of hydrogen-bond donors (Lipinski definition) is 1. The van der Waals surface area contributed by atoms with Gasteiger partial charge < -0.3 is 4.74 Å². The zero-order chi connectivity index (χ0) is 21.9. The maximum absolute atomic E-state index is 13.6. The first-order chi connectivity index (χ1) is 14.2. The molecule has 1 aromatic heterocycles. The van der Waals surface area contributed by atoms with Gasteiger partial charge in [-0.1, -0.05) is 18.2 Å². The van der Waals surface area contributed by atoms with E-state index in [2.05, 4.69) is 16.3 Å². The van der Waals surface area contributed by atoms with E-state index in [1.807, 2.05) is 0 Å². The lowest BCUT2D eigenvalue weighted by Crippen LogP contribution is -2.23. The summed E-state index contributed by atoms with van der Waals surface area (Å²) in [5.74, 6) is -0.884. The summed E-state index contributed by atoms with van der Waals surface area (Å²) in [6, 6.07) is 11.5. The maximum atomic E-state index is 13.6. The monoisotopic (exact) mass is 435 g/mol. The molecule has 2 aromatic carbocycles. The van der Waals surface area contributed by atoms with E-state index in [0.717, 1.165) is 0 Å². The van der Waals surface area contributed by atoms with Gasteiger partial charge in [0.15, 0.2) is 11.9 Å². The van der Waals surface area contributed by atoms with Crippen LogP contribution in [0, 0.1) is 0 Å². The molecule has 158 valence electrons. The average molecular weight is 435 g/mol. The molecule has 0 spiro atoms. The van der Waals surface area contributed by atoms with Gasteiger partial charge in [0.25, 0.3) is 0 Å². The van der Waals surface area contributed by atoms with Gasteiger partial charge in [-0.05, 0) is 43.3 Å². The highest BCUT2D eigenvalue weighted by atomic mass is 32.2. The van der Waals surface area contributed by atoms with Crippen LogP contribution in [0.4, 0.5) is 8.78 Å². The highest BCUT2D eigenvalue weighted by Crippen LogP contribution is 2.28. The van der Waals surface area contributed by atoms with Crippen LogP contribution in [-0.2, 0) is 14.8 Å². The van der Waals surface area contributed by atoms with E-state index in [0.29, 0.717) is 10.1 Å². The molecule has 0 saturated heterocycles. The maximum Gasteiger partial charge on any atom is 0.338 e. The first-order valence-corrected chi connectivity index (χ1v) is 10.4. The van der Waals surface area contributed by atoms with Gasteiger partial charge in [0.1, 0.15) is 0 Å². The number of esters is 1. The van der Waals surface area contributed by atoms with Crippen LogP contribution in [0.1, 0.15) is 35.8 Å². The summed E-state index contributed by atoms with van der Waals surface area (Å²) in [4.78, 5) is 16.6. The number of halogens is 2. The number of hydrogen-bond acceptors (Lipinski definition) is 5. The zero-order valence-electron chi connectivity index (χ0n) is 16.0. The molecule has 0 radical (unpaired) electrons. The third kappa shape index (κ3) is 4.39. The number of ether oxygens (including phenoxy) is 1. The van der Waals surface area contributed by atoms with Gasteiger partial charge in [-0.3, -0.25) is 4.57 Å². The predicted molar refractivity (Wildman–Crippen MR) is 107 cm³/mol. The van der Waals surface area contributed by atoms with E-state index in [1.54, 1.807) is 18.2 Å². The van der Waals surface area contributed by atoms with Crippen molar-refractivity contribution < 1.29 is 26.7 Å². The van der Waals surface area contributed by atoms with E-state index >= 15 is 0 Å². The fourth-order valence-corrected chi connectivity index (χ4v) is 3.86. The lowest BCUT2D eigenvalue weighted by molar-refractivity contribution is 0.0233. The van der Waals surface area contributed by atoms with Gasteiger partial charge in [0.05, 0.1) is 21.5 Å². The second-order valence-electron chi connectivity index (χ2n) is 6.32. The topological polar surface area (TPSA) is 90.3 Å². The number of benzene rings is 2. The fourth-order valence-electron chi connectivity index (χ4n) is 2.86. The molecular weight excluding hydrogens is 416 g/mol. The molecule has 0 bridgehead atoms. The summed E-state index contributed by atoms with van der Waals surface area (Å²) >= 11 is 0. The van der Waals surface area contributed by atoms with Crippen LogP contribution >= 0.6 is 0 Å². The van der Waals surface area contributed by atoms with E-state index in [1.165, 1.54) is 43.3 Å². The molecule has 0 aliphatic heterocycles. The Morgan fingerprint density at radius 1 is 1.23 bits per heavy atom. The van der Waals surface area contributed by atoms with Crippen LogP contribution in [0.3, 0.4) is 0 Å². The molecule has 3 aromatic rings. The highest BCUT2D eigenvalue weighted by molar-refractivity contribution is 7.89. The highest BCUT2D eigenvalue weighted by Gasteiger charge is 2.25. The third-order valence-electron chi connectivity index (χ3n) is 4.28. The number of alkyl halides is 2. The van der Waals surface area contributed by atoms with Crippen LogP contribution in [0.25, 0.3) is 11.0 Å². The Morgan fingerprint density at radius 3 is 2.53 bits per heavy atom. The van der Waals surface area contributed by atoms with Crippen molar-refractivity contribution in [1.29, 1.82) is 0 Å². The van der Waals surface area contributed by atoms with Crippen molar-refractivity contribution in [2.24, 2.45) is 0 Å². The Kier molecular flexibility index (Phi) is 6.28. The molecule has 0 saturated carbocycles. The van der Waals surface area contributed by atoms with E-state index in [4.69, 9.17) is 4.74 Å². The second kappa shape index (κ2) is 8.72. The molecule has 1 unspecified atom stereocenters. The van der Waals surface area contributed by atoms with Gasteiger partial charge in [-0.25, -0.2) is 22.9 Å². The standard InChI is InChI=1S/C20H19F2N3O4S/c1-3-12-23-30(27,28)15-10-8-14(9-11-15)19(26)29-13(2)18-24-16-6-4-5-7-17(16)25(18)20(21)22/h3-11,13,20,23H,1,12H2,2H3. The van der Waals surface area contributed by atoms with Crippen molar-refractivity contribution in [3.8, 4) is 0 Å². The number of sulfonamides is 1. The largest absolute Gasteiger partial charge is 0.451 e. The predicted octanol–water partition coefficient (Wildman–Crippen LogP) is 3.81. The van der Waals surface area contributed by atoms with Gasteiger partial charge >= 0.3 is 12.5 Å².